The molecule has 0 heterocycles. The molecular formula is C9H13F6NOS. The van der Waals surface area contributed by atoms with Crippen LogP contribution in [0.2, 0.25) is 0 Å². The molecule has 108 valence electrons. The predicted molar refractivity (Wildman–Crippen MR) is 57.0 cm³/mol. The third-order valence-electron chi connectivity index (χ3n) is 2.27. The van der Waals surface area contributed by atoms with Crippen LogP contribution in [-0.2, 0) is 4.74 Å². The summed E-state index contributed by atoms with van der Waals surface area (Å²) in [5, 5.41) is 0. The SMILES string of the molecule is CC(C)(CCOC(C(F)(F)F)C(F)(F)F)C(N)=S. The number of hydrogen-bond donors (Lipinski definition) is 1. The van der Waals surface area contributed by atoms with Crippen LogP contribution in [0.3, 0.4) is 0 Å². The number of alkyl halides is 6. The summed E-state index contributed by atoms with van der Waals surface area (Å²) in [7, 11) is 0. The van der Waals surface area contributed by atoms with Gasteiger partial charge in [0.25, 0.3) is 0 Å². The van der Waals surface area contributed by atoms with Gasteiger partial charge in [0, 0.05) is 12.0 Å². The third kappa shape index (κ3) is 5.38. The summed E-state index contributed by atoms with van der Waals surface area (Å²) in [6.07, 6.45) is -14.9. The second kappa shape index (κ2) is 5.60. The van der Waals surface area contributed by atoms with E-state index in [4.69, 9.17) is 5.73 Å². The molecule has 0 aliphatic carbocycles. The minimum absolute atomic E-state index is 0.00154. The highest BCUT2D eigenvalue weighted by Gasteiger charge is 2.57. The minimum Gasteiger partial charge on any atom is -0.393 e. The topological polar surface area (TPSA) is 35.2 Å². The first kappa shape index (κ1) is 17.4. The Kier molecular flexibility index (Phi) is 5.42. The molecule has 0 radical (unpaired) electrons. The lowest BCUT2D eigenvalue weighted by molar-refractivity contribution is -0.322. The van der Waals surface area contributed by atoms with Gasteiger partial charge in [-0.2, -0.15) is 26.3 Å². The van der Waals surface area contributed by atoms with Gasteiger partial charge in [-0.1, -0.05) is 26.1 Å². The average molecular weight is 297 g/mol. The van der Waals surface area contributed by atoms with Crippen molar-refractivity contribution in [3.63, 3.8) is 0 Å². The summed E-state index contributed by atoms with van der Waals surface area (Å²) in [5.41, 5.74) is 4.43. The van der Waals surface area contributed by atoms with E-state index in [1.807, 2.05) is 0 Å². The molecule has 0 aliphatic rings. The standard InChI is InChI=1S/C9H13F6NOS/c1-7(2,6(16)18)3-4-17-5(8(10,11)12)9(13,14)15/h5H,3-4H2,1-2H3,(H2,16,18). The van der Waals surface area contributed by atoms with Crippen LogP contribution in [0.4, 0.5) is 26.3 Å². The zero-order valence-electron chi connectivity index (χ0n) is 9.65. The van der Waals surface area contributed by atoms with Gasteiger partial charge >= 0.3 is 12.4 Å². The highest BCUT2D eigenvalue weighted by Crippen LogP contribution is 2.36. The van der Waals surface area contributed by atoms with Crippen LogP contribution in [0.15, 0.2) is 0 Å². The number of ether oxygens (including phenoxy) is 1. The molecule has 0 aliphatic heterocycles. The van der Waals surface area contributed by atoms with Crippen molar-refractivity contribution in [2.24, 2.45) is 11.1 Å². The molecular weight excluding hydrogens is 284 g/mol. The van der Waals surface area contributed by atoms with Crippen molar-refractivity contribution in [1.82, 2.24) is 0 Å². The monoisotopic (exact) mass is 297 g/mol. The van der Waals surface area contributed by atoms with E-state index in [9.17, 15) is 26.3 Å². The first-order valence-electron chi connectivity index (χ1n) is 4.83. The molecule has 0 saturated carbocycles. The largest absolute Gasteiger partial charge is 0.423 e. The molecule has 0 aromatic heterocycles. The summed E-state index contributed by atoms with van der Waals surface area (Å²) in [6, 6.07) is 0. The van der Waals surface area contributed by atoms with E-state index >= 15 is 0 Å². The highest BCUT2D eigenvalue weighted by atomic mass is 32.1. The normalized spacial score (nSPS) is 14.1. The Bertz CT molecular complexity index is 284. The van der Waals surface area contributed by atoms with Gasteiger partial charge in [0.1, 0.15) is 0 Å². The van der Waals surface area contributed by atoms with Gasteiger partial charge in [-0.3, -0.25) is 0 Å². The van der Waals surface area contributed by atoms with Crippen LogP contribution in [0.5, 0.6) is 0 Å². The molecule has 0 amide bonds. The first-order valence-corrected chi connectivity index (χ1v) is 5.24. The maximum Gasteiger partial charge on any atom is 0.423 e. The lowest BCUT2D eigenvalue weighted by Gasteiger charge is -2.26. The van der Waals surface area contributed by atoms with Gasteiger partial charge in [-0.15, -0.1) is 0 Å². The summed E-state index contributed by atoms with van der Waals surface area (Å²) in [6.45, 7) is 2.28. The van der Waals surface area contributed by atoms with E-state index in [1.165, 1.54) is 13.8 Å². The number of nitrogens with two attached hydrogens (primary N) is 1. The number of thiocarbonyl (C=S) groups is 1. The Balaban J connectivity index is 4.54. The van der Waals surface area contributed by atoms with E-state index in [2.05, 4.69) is 17.0 Å². The molecule has 0 aromatic carbocycles. The maximum atomic E-state index is 12.1. The van der Waals surface area contributed by atoms with Gasteiger partial charge in [-0.05, 0) is 6.42 Å². The molecule has 2 nitrogen and oxygen atoms in total. The zero-order chi connectivity index (χ0) is 14.8. The van der Waals surface area contributed by atoms with E-state index in [1.54, 1.807) is 0 Å². The summed E-state index contributed by atoms with van der Waals surface area (Å²) in [5.74, 6) is 0. The molecule has 0 unspecified atom stereocenters. The molecule has 18 heavy (non-hydrogen) atoms. The minimum atomic E-state index is -5.49. The molecule has 9 heteroatoms. The van der Waals surface area contributed by atoms with Gasteiger partial charge in [-0.25, -0.2) is 0 Å². The predicted octanol–water partition coefficient (Wildman–Crippen LogP) is 3.20. The zero-order valence-corrected chi connectivity index (χ0v) is 10.5. The fourth-order valence-corrected chi connectivity index (χ4v) is 1.03. The molecule has 0 bridgehead atoms. The number of halogens is 6. The van der Waals surface area contributed by atoms with Crippen LogP contribution in [0, 0.1) is 5.41 Å². The molecule has 0 fully saturated rings. The van der Waals surface area contributed by atoms with Crippen LogP contribution < -0.4 is 5.73 Å². The maximum absolute atomic E-state index is 12.1. The van der Waals surface area contributed by atoms with Gasteiger partial charge in [0.05, 0.1) is 4.99 Å². The second-order valence-corrected chi connectivity index (χ2v) is 4.77. The Morgan fingerprint density at radius 3 is 1.78 bits per heavy atom. The molecule has 2 N–H and O–H groups in total. The van der Waals surface area contributed by atoms with Crippen LogP contribution in [0.25, 0.3) is 0 Å². The van der Waals surface area contributed by atoms with Crippen molar-refractivity contribution in [2.45, 2.75) is 38.7 Å². The van der Waals surface area contributed by atoms with Gasteiger partial charge in [0.15, 0.2) is 0 Å². The fraction of sp³-hybridized carbons (Fsp3) is 0.889. The lowest BCUT2D eigenvalue weighted by atomic mass is 9.90. The third-order valence-corrected chi connectivity index (χ3v) is 2.83. The lowest BCUT2D eigenvalue weighted by Crippen LogP contribution is -2.45. The van der Waals surface area contributed by atoms with Crippen molar-refractivity contribution >= 4 is 17.2 Å². The van der Waals surface area contributed by atoms with E-state index in [0.29, 0.717) is 0 Å². The Labute approximate surface area is 105 Å². The number of rotatable bonds is 5. The average Bonchev–Trinajstić information content (AvgIpc) is 2.07. The van der Waals surface area contributed by atoms with Crippen molar-refractivity contribution in [3.8, 4) is 0 Å². The van der Waals surface area contributed by atoms with Crippen molar-refractivity contribution in [2.75, 3.05) is 6.61 Å². The Morgan fingerprint density at radius 1 is 1.11 bits per heavy atom. The molecule has 0 rings (SSSR count). The molecule has 0 atom stereocenters. The Morgan fingerprint density at radius 2 is 1.50 bits per heavy atom. The highest BCUT2D eigenvalue weighted by molar-refractivity contribution is 7.80. The van der Waals surface area contributed by atoms with Gasteiger partial charge in [0.2, 0.25) is 6.10 Å². The van der Waals surface area contributed by atoms with Crippen molar-refractivity contribution in [3.05, 3.63) is 0 Å². The summed E-state index contributed by atoms with van der Waals surface area (Å²) in [4.78, 5) is 0.00154. The van der Waals surface area contributed by atoms with Gasteiger partial charge < -0.3 is 10.5 Å². The quantitative estimate of drug-likeness (QED) is 0.625. The number of hydrogen-bond acceptors (Lipinski definition) is 2. The first-order chi connectivity index (χ1) is 7.78. The molecule has 0 spiro atoms. The second-order valence-electron chi connectivity index (χ2n) is 4.33. The Hall–Kier alpha value is -0.570. The van der Waals surface area contributed by atoms with Crippen LogP contribution in [0.1, 0.15) is 20.3 Å². The molecule has 0 saturated heterocycles. The smallest absolute Gasteiger partial charge is 0.393 e. The van der Waals surface area contributed by atoms with Crippen molar-refractivity contribution in [1.29, 1.82) is 0 Å². The van der Waals surface area contributed by atoms with E-state index in [-0.39, 0.29) is 11.4 Å². The summed E-state index contributed by atoms with van der Waals surface area (Å²) < 4.78 is 76.5. The summed E-state index contributed by atoms with van der Waals surface area (Å²) >= 11 is 4.64. The van der Waals surface area contributed by atoms with E-state index < -0.39 is 30.5 Å². The van der Waals surface area contributed by atoms with Crippen molar-refractivity contribution < 1.29 is 31.1 Å². The van der Waals surface area contributed by atoms with E-state index in [0.717, 1.165) is 0 Å². The van der Waals surface area contributed by atoms with Crippen LogP contribution >= 0.6 is 12.2 Å². The molecule has 0 aromatic rings. The van der Waals surface area contributed by atoms with Crippen LogP contribution in [-0.4, -0.2) is 30.1 Å². The fourth-order valence-electron chi connectivity index (χ4n) is 0.930.